The molecule has 25 nitrogen and oxygen atoms in total. The first-order valence-electron chi connectivity index (χ1n) is 20.8. The van der Waals surface area contributed by atoms with Crippen LogP contribution in [-0.2, 0) is 60.8 Å². The first-order chi connectivity index (χ1) is 31.4. The van der Waals surface area contributed by atoms with Crippen molar-refractivity contribution in [2.45, 2.75) is 80.8 Å². The van der Waals surface area contributed by atoms with Gasteiger partial charge in [-0.05, 0) is 30.4 Å². The van der Waals surface area contributed by atoms with Crippen molar-refractivity contribution >= 4 is 59.2 Å². The van der Waals surface area contributed by atoms with Crippen molar-refractivity contribution < 1.29 is 84.9 Å². The van der Waals surface area contributed by atoms with Crippen molar-refractivity contribution in [3.05, 3.63) is 71.8 Å². The molecule has 0 saturated heterocycles. The van der Waals surface area contributed by atoms with Gasteiger partial charge in [-0.25, -0.2) is 4.79 Å². The Kier molecular flexibility index (Phi) is 24.5. The lowest BCUT2D eigenvalue weighted by Gasteiger charge is -2.25. The molecule has 8 amide bonds. The Hall–Kier alpha value is -7.06. The van der Waals surface area contributed by atoms with Crippen molar-refractivity contribution in [3.63, 3.8) is 0 Å². The number of hydrogen-bond acceptors (Lipinski definition) is 13. The fraction of sp³-hybridized carbons (Fsp3) is 0.463. The number of carbonyl (C=O) groups is 10. The van der Waals surface area contributed by atoms with E-state index in [-0.39, 0.29) is 19.3 Å². The second kappa shape index (κ2) is 29.4. The minimum absolute atomic E-state index is 0.0800. The zero-order valence-electron chi connectivity index (χ0n) is 36.0. The summed E-state index contributed by atoms with van der Waals surface area (Å²) < 4.78 is 0. The number of benzene rings is 2. The van der Waals surface area contributed by atoms with Crippen LogP contribution in [0.25, 0.3) is 0 Å². The fourth-order valence-electron chi connectivity index (χ4n) is 5.96. The molecule has 362 valence electrons. The molecule has 0 fully saturated rings. The number of unbranched alkanes of at least 4 members (excludes halogenated alkanes) is 1. The summed E-state index contributed by atoms with van der Waals surface area (Å²) in [7, 11) is 0. The predicted octanol–water partition coefficient (Wildman–Crippen LogP) is -7.83. The molecule has 7 atom stereocenters. The van der Waals surface area contributed by atoms with Crippen molar-refractivity contribution in [3.8, 4) is 0 Å². The third-order valence-corrected chi connectivity index (χ3v) is 9.56. The number of carbonyl (C=O) groups excluding carboxylic acids is 8. The van der Waals surface area contributed by atoms with Crippen LogP contribution in [-0.4, -0.2) is 166 Å². The average Bonchev–Trinajstić information content (AvgIpc) is 3.29. The highest BCUT2D eigenvalue weighted by atomic mass is 16.4. The van der Waals surface area contributed by atoms with Gasteiger partial charge in [0.15, 0.2) is 6.04 Å². The molecule has 0 aliphatic heterocycles. The molecule has 19 N–H and O–H groups in total. The fourth-order valence-corrected chi connectivity index (χ4v) is 5.96. The van der Waals surface area contributed by atoms with Crippen LogP contribution < -0.4 is 54.0 Å². The minimum Gasteiger partial charge on any atom is -0.481 e. The van der Waals surface area contributed by atoms with Crippen LogP contribution in [0.5, 0.6) is 0 Å². The molecular formula is C41H60N10O15+2. The monoisotopic (exact) mass is 932 g/mol. The normalized spacial score (nSPS) is 14.0. The van der Waals surface area contributed by atoms with Gasteiger partial charge < -0.3 is 79.5 Å². The third kappa shape index (κ3) is 20.2. The zero-order valence-corrected chi connectivity index (χ0v) is 36.0. The molecule has 2 aromatic rings. The largest absolute Gasteiger partial charge is 0.481 e. The van der Waals surface area contributed by atoms with Gasteiger partial charge in [0.05, 0.1) is 39.5 Å². The maximum Gasteiger partial charge on any atom is 0.326 e. The molecule has 0 aliphatic carbocycles. The number of rotatable bonds is 30. The Morgan fingerprint density at radius 2 is 0.864 bits per heavy atom. The molecular weight excluding hydrogens is 873 g/mol. The highest BCUT2D eigenvalue weighted by Crippen LogP contribution is 2.07. The van der Waals surface area contributed by atoms with Gasteiger partial charge in [0, 0.05) is 12.8 Å². The maximum absolute atomic E-state index is 13.7. The molecule has 0 radical (unpaired) electrons. The van der Waals surface area contributed by atoms with Crippen LogP contribution in [0.3, 0.4) is 0 Å². The highest BCUT2D eigenvalue weighted by molar-refractivity contribution is 5.97. The van der Waals surface area contributed by atoms with E-state index in [1.165, 1.54) is 0 Å². The van der Waals surface area contributed by atoms with Gasteiger partial charge in [-0.15, -0.1) is 0 Å². The lowest BCUT2D eigenvalue weighted by molar-refractivity contribution is -0.403. The number of aliphatic hydroxyl groups excluding tert-OH is 3. The number of hydrogen-bond donors (Lipinski definition) is 15. The Morgan fingerprint density at radius 3 is 1.32 bits per heavy atom. The summed E-state index contributed by atoms with van der Waals surface area (Å²) in [6.07, 6.45) is 0.166. The minimum atomic E-state index is -1.72. The number of carboxylic acid groups (broad SMARTS) is 2. The van der Waals surface area contributed by atoms with Gasteiger partial charge in [0.2, 0.25) is 41.4 Å². The first kappa shape index (κ1) is 55.1. The van der Waals surface area contributed by atoms with E-state index in [1.807, 2.05) is 0 Å². The Bertz CT molecular complexity index is 1960. The summed E-state index contributed by atoms with van der Waals surface area (Å²) in [6.45, 7) is -3.82. The molecule has 0 heterocycles. The van der Waals surface area contributed by atoms with Gasteiger partial charge in [0.25, 0.3) is 5.91 Å². The number of aliphatic hydroxyl groups is 3. The second-order valence-corrected chi connectivity index (χ2v) is 14.8. The topological polar surface area (TPSA) is 423 Å². The molecule has 2 aromatic carbocycles. The van der Waals surface area contributed by atoms with E-state index >= 15 is 0 Å². The van der Waals surface area contributed by atoms with Crippen LogP contribution in [0.4, 0.5) is 0 Å². The van der Waals surface area contributed by atoms with Gasteiger partial charge in [-0.3, -0.25) is 43.2 Å². The smallest absolute Gasteiger partial charge is 0.326 e. The molecule has 0 unspecified atom stereocenters. The highest BCUT2D eigenvalue weighted by Gasteiger charge is 2.32. The van der Waals surface area contributed by atoms with E-state index in [0.717, 1.165) is 0 Å². The van der Waals surface area contributed by atoms with Crippen molar-refractivity contribution in [2.24, 2.45) is 0 Å². The zero-order chi connectivity index (χ0) is 49.2. The van der Waals surface area contributed by atoms with Crippen LogP contribution in [0.1, 0.15) is 36.8 Å². The Balaban J connectivity index is 2.16. The number of nitrogens with one attached hydrogen (secondary N) is 8. The number of carboxylic acids is 2. The molecule has 25 heteroatoms. The van der Waals surface area contributed by atoms with Crippen molar-refractivity contribution in [1.82, 2.24) is 42.5 Å². The Labute approximate surface area is 378 Å². The lowest BCUT2D eigenvalue weighted by atomic mass is 10.0. The summed E-state index contributed by atoms with van der Waals surface area (Å²) in [4.78, 5) is 127. The van der Waals surface area contributed by atoms with E-state index in [0.29, 0.717) is 30.5 Å². The van der Waals surface area contributed by atoms with Crippen LogP contribution in [0, 0.1) is 0 Å². The summed E-state index contributed by atoms with van der Waals surface area (Å²) in [5.41, 5.74) is 8.15. The summed E-state index contributed by atoms with van der Waals surface area (Å²) in [6, 6.07) is 6.21. The molecule has 0 saturated carbocycles. The summed E-state index contributed by atoms with van der Waals surface area (Å²) >= 11 is 0. The standard InChI is InChI=1S/C41H58N10O15/c42-14-8-7-13-26(41(65)66)48-39(63)30(21-53)47-33(56)19-44-36(60)27(15-23-9-3-1-4-10-23)49-40(64)31(22-54)51-38(62)28(16-24-11-5-2-6-12-24)46-32(55)18-45-37(61)29(20-52)50-35(59)25(43)17-34(57)58/h1-6,9-12,25-31,52-54H,7-8,13-22,42-43H2,(H,44,60)(H,45,61)(H,46,55)(H,47,56)(H,48,63)(H,49,64)(H,50,59)(H,51,62)(H,57,58)(H,65,66)/p+2/t25-,26-,27-,28-,29-,30-,31-/m0/s1. The predicted molar refractivity (Wildman–Crippen MR) is 227 cm³/mol. The summed E-state index contributed by atoms with van der Waals surface area (Å²) in [5.74, 6) is -10.5. The second-order valence-electron chi connectivity index (χ2n) is 14.8. The van der Waals surface area contributed by atoms with Crippen molar-refractivity contribution in [2.75, 3.05) is 39.5 Å². The average molecular weight is 933 g/mol. The van der Waals surface area contributed by atoms with Gasteiger partial charge in [0.1, 0.15) is 42.7 Å². The molecule has 2 rings (SSSR count). The Morgan fingerprint density at radius 1 is 0.485 bits per heavy atom. The molecule has 0 spiro atoms. The number of aliphatic carboxylic acids is 2. The number of quaternary nitrogens is 2. The van der Waals surface area contributed by atoms with Crippen LogP contribution in [0.2, 0.25) is 0 Å². The van der Waals surface area contributed by atoms with E-state index in [1.54, 1.807) is 60.7 Å². The van der Waals surface area contributed by atoms with E-state index < -0.39 is 141 Å². The number of amides is 8. The molecule has 66 heavy (non-hydrogen) atoms. The van der Waals surface area contributed by atoms with Crippen LogP contribution >= 0.6 is 0 Å². The van der Waals surface area contributed by atoms with Crippen molar-refractivity contribution in [1.29, 1.82) is 0 Å². The van der Waals surface area contributed by atoms with Gasteiger partial charge >= 0.3 is 11.9 Å². The van der Waals surface area contributed by atoms with Gasteiger partial charge in [-0.2, -0.15) is 0 Å². The molecule has 0 bridgehead atoms. The quantitative estimate of drug-likeness (QED) is 0.0324. The van der Waals surface area contributed by atoms with Crippen LogP contribution in [0.15, 0.2) is 60.7 Å². The van der Waals surface area contributed by atoms with E-state index in [2.05, 4.69) is 54.0 Å². The first-order valence-corrected chi connectivity index (χ1v) is 20.8. The maximum atomic E-state index is 13.7. The molecule has 0 aromatic heterocycles. The third-order valence-electron chi connectivity index (χ3n) is 9.56. The SMILES string of the molecule is [NH3+]CCCC[C@H](NC(=O)[C@H](CO)NC(=O)CNC(=O)[C@H](Cc1ccccc1)NC(=O)[C@H](CO)NC(=O)[C@H](Cc1ccccc1)NC(=O)CNC(=O)[C@H](CO)NC(=O)[C@@H]([NH3+])CC(=O)O)C(=O)O. The van der Waals surface area contributed by atoms with Gasteiger partial charge in [-0.1, -0.05) is 60.7 Å². The van der Waals surface area contributed by atoms with E-state index in [9.17, 15) is 68.4 Å². The van der Waals surface area contributed by atoms with E-state index in [4.69, 9.17) is 5.11 Å². The lowest BCUT2D eigenvalue weighted by Crippen LogP contribution is -2.69. The molecule has 0 aliphatic rings. The summed E-state index contributed by atoms with van der Waals surface area (Å²) in [5, 5.41) is 66.3.